The molecule has 0 saturated heterocycles. The lowest BCUT2D eigenvalue weighted by molar-refractivity contribution is -0.129. The number of carbonyl (C=O) groups is 1. The number of para-hydroxylation sites is 1. The second kappa shape index (κ2) is 8.75. The second-order valence-corrected chi connectivity index (χ2v) is 9.11. The van der Waals surface area contributed by atoms with Crippen molar-refractivity contribution in [3.8, 4) is 11.4 Å². The maximum Gasteiger partial charge on any atom is 0.233 e. The standard InChI is InChI=1S/C24H26N4O2S/c1-30-21-13-7-17(8-14-21)15-27(19-11-12-19)22(29)16-31-24-25-23(18-9-10-18)28(26-24)20-5-3-2-4-6-20/h2-8,13-14,18-19H,9-12,15-16H2,1H3. The monoisotopic (exact) mass is 434 g/mol. The van der Waals surface area contributed by atoms with Crippen LogP contribution in [0.5, 0.6) is 5.75 Å². The predicted octanol–water partition coefficient (Wildman–Crippen LogP) is 4.44. The summed E-state index contributed by atoms with van der Waals surface area (Å²) >= 11 is 1.44. The van der Waals surface area contributed by atoms with E-state index in [4.69, 9.17) is 14.8 Å². The van der Waals surface area contributed by atoms with Crippen molar-refractivity contribution >= 4 is 17.7 Å². The van der Waals surface area contributed by atoms with Gasteiger partial charge in [0.2, 0.25) is 11.1 Å². The molecule has 2 aliphatic carbocycles. The molecule has 0 spiro atoms. The van der Waals surface area contributed by atoms with Crippen LogP contribution in [0.15, 0.2) is 59.8 Å². The molecule has 7 heteroatoms. The van der Waals surface area contributed by atoms with Crippen molar-refractivity contribution < 1.29 is 9.53 Å². The summed E-state index contributed by atoms with van der Waals surface area (Å²) in [4.78, 5) is 19.8. The Kier molecular flexibility index (Phi) is 5.68. The Morgan fingerprint density at radius 1 is 1.10 bits per heavy atom. The zero-order valence-corrected chi connectivity index (χ0v) is 18.4. The van der Waals surface area contributed by atoms with Crippen molar-refractivity contribution in [3.05, 3.63) is 66.0 Å². The second-order valence-electron chi connectivity index (χ2n) is 8.16. The first-order chi connectivity index (χ1) is 15.2. The van der Waals surface area contributed by atoms with E-state index in [1.807, 2.05) is 64.2 Å². The molecule has 2 aliphatic rings. The number of amides is 1. The third kappa shape index (κ3) is 4.77. The number of methoxy groups -OCH3 is 1. The molecule has 3 aromatic rings. The van der Waals surface area contributed by atoms with E-state index in [1.165, 1.54) is 11.8 Å². The van der Waals surface area contributed by atoms with Gasteiger partial charge in [-0.25, -0.2) is 9.67 Å². The van der Waals surface area contributed by atoms with E-state index in [1.54, 1.807) is 7.11 Å². The lowest BCUT2D eigenvalue weighted by Crippen LogP contribution is -2.34. The maximum absolute atomic E-state index is 13.1. The fourth-order valence-corrected chi connectivity index (χ4v) is 4.39. The van der Waals surface area contributed by atoms with Gasteiger partial charge in [-0.1, -0.05) is 42.1 Å². The van der Waals surface area contributed by atoms with E-state index in [0.29, 0.717) is 29.4 Å². The third-order valence-corrected chi connectivity index (χ3v) is 6.52. The molecular weight excluding hydrogens is 408 g/mol. The van der Waals surface area contributed by atoms with Crippen LogP contribution in [0.4, 0.5) is 0 Å². The van der Waals surface area contributed by atoms with Crippen LogP contribution in [0.2, 0.25) is 0 Å². The van der Waals surface area contributed by atoms with Crippen LogP contribution >= 0.6 is 11.8 Å². The van der Waals surface area contributed by atoms with Crippen molar-refractivity contribution in [3.63, 3.8) is 0 Å². The molecule has 0 N–H and O–H groups in total. The summed E-state index contributed by atoms with van der Waals surface area (Å²) in [6.07, 6.45) is 4.48. The van der Waals surface area contributed by atoms with Crippen LogP contribution in [0.25, 0.3) is 5.69 Å². The third-order valence-electron chi connectivity index (χ3n) is 5.70. The Morgan fingerprint density at radius 2 is 1.84 bits per heavy atom. The molecule has 1 heterocycles. The highest BCUT2D eigenvalue weighted by molar-refractivity contribution is 7.99. The summed E-state index contributed by atoms with van der Waals surface area (Å²) in [5, 5.41) is 5.40. The van der Waals surface area contributed by atoms with Gasteiger partial charge >= 0.3 is 0 Å². The normalized spacial score (nSPS) is 15.6. The molecule has 2 saturated carbocycles. The van der Waals surface area contributed by atoms with Crippen LogP contribution < -0.4 is 4.74 Å². The Morgan fingerprint density at radius 3 is 2.48 bits per heavy atom. The van der Waals surface area contributed by atoms with E-state index >= 15 is 0 Å². The van der Waals surface area contributed by atoms with Gasteiger partial charge in [0, 0.05) is 18.5 Å². The molecule has 31 heavy (non-hydrogen) atoms. The van der Waals surface area contributed by atoms with Crippen LogP contribution in [-0.2, 0) is 11.3 Å². The lowest BCUT2D eigenvalue weighted by Gasteiger charge is -2.22. The van der Waals surface area contributed by atoms with Gasteiger partial charge in [-0.2, -0.15) is 0 Å². The first-order valence-corrected chi connectivity index (χ1v) is 11.8. The predicted molar refractivity (Wildman–Crippen MR) is 121 cm³/mol. The highest BCUT2D eigenvalue weighted by Crippen LogP contribution is 2.40. The molecule has 1 amide bonds. The zero-order chi connectivity index (χ0) is 21.2. The van der Waals surface area contributed by atoms with Crippen molar-refractivity contribution in [2.75, 3.05) is 12.9 Å². The van der Waals surface area contributed by atoms with E-state index in [-0.39, 0.29) is 5.91 Å². The summed E-state index contributed by atoms with van der Waals surface area (Å²) in [5.74, 6) is 2.83. The molecule has 160 valence electrons. The maximum atomic E-state index is 13.1. The van der Waals surface area contributed by atoms with Crippen LogP contribution in [0, 0.1) is 0 Å². The van der Waals surface area contributed by atoms with Crippen molar-refractivity contribution in [2.45, 2.75) is 49.3 Å². The number of hydrogen-bond acceptors (Lipinski definition) is 5. The molecular formula is C24H26N4O2S. The van der Waals surface area contributed by atoms with E-state index in [9.17, 15) is 4.79 Å². The minimum atomic E-state index is 0.146. The molecule has 0 unspecified atom stereocenters. The van der Waals surface area contributed by atoms with Gasteiger partial charge in [0.15, 0.2) is 0 Å². The molecule has 0 bridgehead atoms. The summed E-state index contributed by atoms with van der Waals surface area (Å²) in [6.45, 7) is 0.632. The average molecular weight is 435 g/mol. The fourth-order valence-electron chi connectivity index (χ4n) is 3.67. The highest BCUT2D eigenvalue weighted by Gasteiger charge is 2.33. The number of hydrogen-bond donors (Lipinski definition) is 0. The van der Waals surface area contributed by atoms with Crippen molar-refractivity contribution in [1.29, 1.82) is 0 Å². The Hall–Kier alpha value is -2.80. The van der Waals surface area contributed by atoms with E-state index in [0.717, 1.165) is 48.5 Å². The summed E-state index contributed by atoms with van der Waals surface area (Å²) in [5.41, 5.74) is 2.14. The minimum absolute atomic E-state index is 0.146. The smallest absolute Gasteiger partial charge is 0.233 e. The Labute approximate surface area is 186 Å². The van der Waals surface area contributed by atoms with Gasteiger partial charge in [0.25, 0.3) is 0 Å². The molecule has 1 aromatic heterocycles. The van der Waals surface area contributed by atoms with E-state index in [2.05, 4.69) is 0 Å². The van der Waals surface area contributed by atoms with Gasteiger partial charge < -0.3 is 9.64 Å². The number of benzene rings is 2. The molecule has 0 radical (unpaired) electrons. The molecule has 0 atom stereocenters. The molecule has 2 aromatic carbocycles. The topological polar surface area (TPSA) is 60.2 Å². The quantitative estimate of drug-likeness (QED) is 0.466. The number of rotatable bonds is 9. The Bertz CT molecular complexity index is 1040. The first kappa shape index (κ1) is 20.1. The molecule has 2 fully saturated rings. The zero-order valence-electron chi connectivity index (χ0n) is 17.6. The number of carbonyl (C=O) groups excluding carboxylic acids is 1. The summed E-state index contributed by atoms with van der Waals surface area (Å²) in [6, 6.07) is 18.4. The lowest BCUT2D eigenvalue weighted by atomic mass is 10.2. The number of nitrogens with zero attached hydrogens (tertiary/aromatic N) is 4. The highest BCUT2D eigenvalue weighted by atomic mass is 32.2. The van der Waals surface area contributed by atoms with Gasteiger partial charge in [-0.05, 0) is 55.5 Å². The van der Waals surface area contributed by atoms with Gasteiger partial charge in [-0.15, -0.1) is 5.10 Å². The molecule has 6 nitrogen and oxygen atoms in total. The number of thioether (sulfide) groups is 1. The minimum Gasteiger partial charge on any atom is -0.497 e. The first-order valence-electron chi connectivity index (χ1n) is 10.8. The molecule has 5 rings (SSSR count). The van der Waals surface area contributed by atoms with Gasteiger partial charge in [-0.3, -0.25) is 4.79 Å². The van der Waals surface area contributed by atoms with Gasteiger partial charge in [0.1, 0.15) is 11.6 Å². The van der Waals surface area contributed by atoms with Crippen molar-refractivity contribution in [2.24, 2.45) is 0 Å². The number of ether oxygens (including phenoxy) is 1. The number of aromatic nitrogens is 3. The summed E-state index contributed by atoms with van der Waals surface area (Å²) < 4.78 is 7.18. The summed E-state index contributed by atoms with van der Waals surface area (Å²) in [7, 11) is 1.66. The Balaban J connectivity index is 1.26. The SMILES string of the molecule is COc1ccc(CN(C(=O)CSc2nc(C3CC3)n(-c3ccccc3)n2)C2CC2)cc1. The van der Waals surface area contributed by atoms with Crippen LogP contribution in [-0.4, -0.2) is 44.5 Å². The van der Waals surface area contributed by atoms with Crippen LogP contribution in [0.1, 0.15) is 43.0 Å². The largest absolute Gasteiger partial charge is 0.497 e. The van der Waals surface area contributed by atoms with Crippen molar-refractivity contribution in [1.82, 2.24) is 19.7 Å². The fraction of sp³-hybridized carbons (Fsp3) is 0.375. The average Bonchev–Trinajstić information content (AvgIpc) is 3.75. The van der Waals surface area contributed by atoms with Crippen LogP contribution in [0.3, 0.4) is 0 Å². The van der Waals surface area contributed by atoms with Gasteiger partial charge in [0.05, 0.1) is 18.6 Å². The molecule has 0 aliphatic heterocycles. The van der Waals surface area contributed by atoms with E-state index < -0.39 is 0 Å².